The summed E-state index contributed by atoms with van der Waals surface area (Å²) in [4.78, 5) is 0. The lowest BCUT2D eigenvalue weighted by Crippen LogP contribution is -1.88. The summed E-state index contributed by atoms with van der Waals surface area (Å²) in [5.74, 6) is 1.72. The molecule has 0 atom stereocenters. The molecule has 0 N–H and O–H groups in total. The average molecular weight is 238 g/mol. The maximum absolute atomic E-state index is 5.86. The second-order valence-electron chi connectivity index (χ2n) is 4.66. The highest BCUT2D eigenvalue weighted by Gasteiger charge is 2.01. The molecule has 2 aromatic rings. The molecule has 2 aromatic carbocycles. The molecule has 2 rings (SSSR count). The smallest absolute Gasteiger partial charge is 0.128 e. The van der Waals surface area contributed by atoms with E-state index in [-0.39, 0.29) is 0 Å². The zero-order chi connectivity index (χ0) is 13.1. The minimum Gasteiger partial charge on any atom is -0.457 e. The second-order valence-corrected chi connectivity index (χ2v) is 4.66. The Morgan fingerprint density at radius 2 is 1.67 bits per heavy atom. The molecule has 0 saturated heterocycles. The van der Waals surface area contributed by atoms with Crippen LogP contribution in [0.15, 0.2) is 49.0 Å². The van der Waals surface area contributed by atoms with Gasteiger partial charge in [-0.2, -0.15) is 0 Å². The van der Waals surface area contributed by atoms with Gasteiger partial charge in [-0.1, -0.05) is 30.4 Å². The third kappa shape index (κ3) is 2.80. The number of hydrogen-bond donors (Lipinski definition) is 0. The molecule has 1 nitrogen and oxygen atoms in total. The number of allylic oxidation sites excluding steroid dienone is 1. The highest BCUT2D eigenvalue weighted by molar-refractivity contribution is 5.62. The first-order chi connectivity index (χ1) is 8.56. The Balaban J connectivity index is 2.25. The molecule has 0 heterocycles. The van der Waals surface area contributed by atoms with Gasteiger partial charge in [0.05, 0.1) is 0 Å². The van der Waals surface area contributed by atoms with Gasteiger partial charge < -0.3 is 4.74 Å². The summed E-state index contributed by atoms with van der Waals surface area (Å²) in [6, 6.07) is 14.1. The first-order valence-electron chi connectivity index (χ1n) is 6.07. The summed E-state index contributed by atoms with van der Waals surface area (Å²) in [5.41, 5.74) is 4.67. The molecule has 1 heteroatoms. The average Bonchev–Trinajstić information content (AvgIpc) is 2.34. The van der Waals surface area contributed by atoms with E-state index in [1.807, 2.05) is 37.3 Å². The van der Waals surface area contributed by atoms with Gasteiger partial charge in [-0.15, -0.1) is 0 Å². The van der Waals surface area contributed by atoms with Crippen LogP contribution in [0.2, 0.25) is 0 Å². The lowest BCUT2D eigenvalue weighted by atomic mass is 10.1. The monoisotopic (exact) mass is 238 g/mol. The minimum absolute atomic E-state index is 0.846. The van der Waals surface area contributed by atoms with E-state index in [2.05, 4.69) is 32.6 Å². The molecule has 0 amide bonds. The maximum Gasteiger partial charge on any atom is 0.128 e. The molecule has 0 fully saturated rings. The van der Waals surface area contributed by atoms with Crippen LogP contribution < -0.4 is 4.74 Å². The van der Waals surface area contributed by atoms with Gasteiger partial charge in [-0.05, 0) is 61.7 Å². The lowest BCUT2D eigenvalue weighted by Gasteiger charge is -2.09. The molecule has 0 aromatic heterocycles. The van der Waals surface area contributed by atoms with Gasteiger partial charge in [0.25, 0.3) is 0 Å². The quantitative estimate of drug-likeness (QED) is 0.720. The molecule has 0 radical (unpaired) electrons. The molecule has 18 heavy (non-hydrogen) atoms. The van der Waals surface area contributed by atoms with Crippen LogP contribution in [-0.4, -0.2) is 0 Å². The van der Waals surface area contributed by atoms with Crippen LogP contribution in [0, 0.1) is 13.8 Å². The second kappa shape index (κ2) is 5.09. The maximum atomic E-state index is 5.86. The van der Waals surface area contributed by atoms with E-state index < -0.39 is 0 Å². The van der Waals surface area contributed by atoms with Crippen LogP contribution in [0.5, 0.6) is 11.5 Å². The van der Waals surface area contributed by atoms with Gasteiger partial charge in [0, 0.05) is 0 Å². The Kier molecular flexibility index (Phi) is 3.52. The molecule has 0 aliphatic heterocycles. The van der Waals surface area contributed by atoms with Gasteiger partial charge in [0.15, 0.2) is 0 Å². The largest absolute Gasteiger partial charge is 0.457 e. The van der Waals surface area contributed by atoms with Crippen LogP contribution in [0.4, 0.5) is 0 Å². The first kappa shape index (κ1) is 12.4. The van der Waals surface area contributed by atoms with Gasteiger partial charge >= 0.3 is 0 Å². The van der Waals surface area contributed by atoms with E-state index in [1.165, 1.54) is 11.1 Å². The molecule has 0 saturated carbocycles. The Hall–Kier alpha value is -2.02. The van der Waals surface area contributed by atoms with Gasteiger partial charge in [-0.25, -0.2) is 0 Å². The van der Waals surface area contributed by atoms with Crippen molar-refractivity contribution in [3.05, 3.63) is 65.7 Å². The predicted molar refractivity (Wildman–Crippen MR) is 77.1 cm³/mol. The molecule has 92 valence electrons. The van der Waals surface area contributed by atoms with Gasteiger partial charge in [0.1, 0.15) is 11.5 Å². The molecule has 0 aliphatic carbocycles. The first-order valence-corrected chi connectivity index (χ1v) is 6.07. The fourth-order valence-corrected chi connectivity index (χ4v) is 1.74. The highest BCUT2D eigenvalue weighted by Crippen LogP contribution is 2.25. The van der Waals surface area contributed by atoms with Crippen LogP contribution in [0.1, 0.15) is 23.6 Å². The topological polar surface area (TPSA) is 9.23 Å². The summed E-state index contributed by atoms with van der Waals surface area (Å²) >= 11 is 0. The van der Waals surface area contributed by atoms with Crippen molar-refractivity contribution in [1.82, 2.24) is 0 Å². The van der Waals surface area contributed by atoms with Gasteiger partial charge in [-0.3, -0.25) is 0 Å². The van der Waals surface area contributed by atoms with E-state index in [1.54, 1.807) is 0 Å². The number of rotatable bonds is 3. The van der Waals surface area contributed by atoms with E-state index in [9.17, 15) is 0 Å². The summed E-state index contributed by atoms with van der Waals surface area (Å²) in [6.45, 7) is 10.1. The van der Waals surface area contributed by atoms with Crippen LogP contribution in [0.25, 0.3) is 5.57 Å². The van der Waals surface area contributed by atoms with Crippen molar-refractivity contribution < 1.29 is 4.74 Å². The zero-order valence-electron chi connectivity index (χ0n) is 11.2. The number of benzene rings is 2. The Bertz CT molecular complexity index is 582. The van der Waals surface area contributed by atoms with E-state index in [4.69, 9.17) is 4.74 Å². The van der Waals surface area contributed by atoms with Crippen molar-refractivity contribution in [3.8, 4) is 11.5 Å². The van der Waals surface area contributed by atoms with Crippen LogP contribution >= 0.6 is 0 Å². The molecule has 0 spiro atoms. The molecule has 0 aliphatic rings. The van der Waals surface area contributed by atoms with Crippen molar-refractivity contribution >= 4 is 5.57 Å². The SMILES string of the molecule is C=C(C)c1cccc(Oc2ccc(C)c(C)c2)c1. The Morgan fingerprint density at radius 3 is 2.33 bits per heavy atom. The van der Waals surface area contributed by atoms with Crippen molar-refractivity contribution in [2.45, 2.75) is 20.8 Å². The van der Waals surface area contributed by atoms with E-state index >= 15 is 0 Å². The van der Waals surface area contributed by atoms with Crippen molar-refractivity contribution in [2.75, 3.05) is 0 Å². The standard InChI is InChI=1S/C17H18O/c1-12(2)15-6-5-7-16(11-15)18-17-9-8-13(3)14(4)10-17/h5-11H,1H2,2-4H3. The summed E-state index contributed by atoms with van der Waals surface area (Å²) in [6.07, 6.45) is 0. The lowest BCUT2D eigenvalue weighted by molar-refractivity contribution is 0.482. The summed E-state index contributed by atoms with van der Waals surface area (Å²) < 4.78 is 5.86. The summed E-state index contributed by atoms with van der Waals surface area (Å²) in [7, 11) is 0. The fraction of sp³-hybridized carbons (Fsp3) is 0.176. The molecular weight excluding hydrogens is 220 g/mol. The number of hydrogen-bond acceptors (Lipinski definition) is 1. The fourth-order valence-electron chi connectivity index (χ4n) is 1.74. The molecule has 0 bridgehead atoms. The van der Waals surface area contributed by atoms with Crippen molar-refractivity contribution in [1.29, 1.82) is 0 Å². The van der Waals surface area contributed by atoms with Crippen molar-refractivity contribution in [3.63, 3.8) is 0 Å². The third-order valence-electron chi connectivity index (χ3n) is 3.04. The molecule has 0 unspecified atom stereocenters. The minimum atomic E-state index is 0.846. The highest BCUT2D eigenvalue weighted by atomic mass is 16.5. The summed E-state index contributed by atoms with van der Waals surface area (Å²) in [5, 5.41) is 0. The number of ether oxygens (including phenoxy) is 1. The zero-order valence-corrected chi connectivity index (χ0v) is 11.2. The van der Waals surface area contributed by atoms with Gasteiger partial charge in [0.2, 0.25) is 0 Å². The van der Waals surface area contributed by atoms with E-state index in [0.29, 0.717) is 0 Å². The third-order valence-corrected chi connectivity index (χ3v) is 3.04. The Labute approximate surface area is 109 Å². The normalized spacial score (nSPS) is 10.2. The van der Waals surface area contributed by atoms with Crippen LogP contribution in [-0.2, 0) is 0 Å². The molecular formula is C17H18O. The van der Waals surface area contributed by atoms with Crippen molar-refractivity contribution in [2.24, 2.45) is 0 Å². The predicted octanol–water partition coefficient (Wildman–Crippen LogP) is 5.13. The Morgan fingerprint density at radius 1 is 0.944 bits per heavy atom. The van der Waals surface area contributed by atoms with E-state index in [0.717, 1.165) is 22.6 Å². The number of aryl methyl sites for hydroxylation is 2. The van der Waals surface area contributed by atoms with Crippen LogP contribution in [0.3, 0.4) is 0 Å².